The molecule has 0 radical (unpaired) electrons. The van der Waals surface area contributed by atoms with E-state index in [0.29, 0.717) is 17.4 Å². The zero-order chi connectivity index (χ0) is 19.6. The van der Waals surface area contributed by atoms with Crippen LogP contribution < -0.4 is 14.4 Å². The minimum atomic E-state index is -0.0659. The highest BCUT2D eigenvalue weighted by molar-refractivity contribution is 5.97. The summed E-state index contributed by atoms with van der Waals surface area (Å²) in [6.07, 6.45) is 1.85. The van der Waals surface area contributed by atoms with Crippen LogP contribution in [0.25, 0.3) is 0 Å². The number of rotatable bonds is 5. The monoisotopic (exact) mass is 367 g/mol. The van der Waals surface area contributed by atoms with E-state index >= 15 is 0 Å². The Labute approximate surface area is 162 Å². The zero-order valence-corrected chi connectivity index (χ0v) is 16.9. The van der Waals surface area contributed by atoms with Crippen molar-refractivity contribution in [1.29, 1.82) is 0 Å². The quantitative estimate of drug-likeness (QED) is 0.781. The summed E-state index contributed by atoms with van der Waals surface area (Å²) in [4.78, 5) is 15.0. The van der Waals surface area contributed by atoms with Gasteiger partial charge in [0, 0.05) is 18.0 Å². The number of amides is 1. The molecule has 2 aromatic carbocycles. The summed E-state index contributed by atoms with van der Waals surface area (Å²) in [5.74, 6) is 1.80. The standard InChI is InChI=1S/C23H29NO3/c1-15(2)23(25)24-16(3)18(11-17-9-7-6-8-10-17)12-19-13-21(26-4)22(27-5)14-20(19)24/h6-10,13-16,18H,11-12H2,1-5H3. The fourth-order valence-electron chi connectivity index (χ4n) is 3.94. The highest BCUT2D eigenvalue weighted by Gasteiger charge is 2.36. The first kappa shape index (κ1) is 19.3. The van der Waals surface area contributed by atoms with Crippen molar-refractivity contribution in [3.05, 3.63) is 53.6 Å². The summed E-state index contributed by atoms with van der Waals surface area (Å²) in [7, 11) is 3.28. The molecule has 4 heteroatoms. The maximum atomic E-state index is 13.1. The lowest BCUT2D eigenvalue weighted by Crippen LogP contribution is -2.49. The second-order valence-electron chi connectivity index (χ2n) is 7.59. The first-order valence-corrected chi connectivity index (χ1v) is 9.58. The number of hydrogen-bond acceptors (Lipinski definition) is 3. The summed E-state index contributed by atoms with van der Waals surface area (Å²) < 4.78 is 11.0. The van der Waals surface area contributed by atoms with Crippen molar-refractivity contribution >= 4 is 11.6 Å². The van der Waals surface area contributed by atoms with Crippen LogP contribution in [0.3, 0.4) is 0 Å². The predicted octanol–water partition coefficient (Wildman–Crippen LogP) is 4.50. The van der Waals surface area contributed by atoms with E-state index in [2.05, 4.69) is 31.2 Å². The molecule has 0 saturated carbocycles. The summed E-state index contributed by atoms with van der Waals surface area (Å²) in [5, 5.41) is 0. The SMILES string of the molecule is COc1cc2c(cc1OC)N(C(=O)C(C)C)C(C)C(Cc1ccccc1)C2. The molecule has 0 bridgehead atoms. The third-order valence-corrected chi connectivity index (χ3v) is 5.49. The Morgan fingerprint density at radius 1 is 1.11 bits per heavy atom. The Hall–Kier alpha value is -2.49. The van der Waals surface area contributed by atoms with Gasteiger partial charge < -0.3 is 14.4 Å². The number of methoxy groups -OCH3 is 2. The van der Waals surface area contributed by atoms with Crippen LogP contribution >= 0.6 is 0 Å². The van der Waals surface area contributed by atoms with Crippen molar-refractivity contribution in [2.45, 2.75) is 39.7 Å². The van der Waals surface area contributed by atoms with Crippen LogP contribution in [0, 0.1) is 11.8 Å². The van der Waals surface area contributed by atoms with Crippen LogP contribution in [0.4, 0.5) is 5.69 Å². The van der Waals surface area contributed by atoms with E-state index in [4.69, 9.17) is 9.47 Å². The van der Waals surface area contributed by atoms with E-state index in [0.717, 1.165) is 24.1 Å². The number of ether oxygens (including phenoxy) is 2. The number of carbonyl (C=O) groups excluding carboxylic acids is 1. The summed E-state index contributed by atoms with van der Waals surface area (Å²) in [5.41, 5.74) is 3.39. The number of hydrogen-bond donors (Lipinski definition) is 0. The smallest absolute Gasteiger partial charge is 0.229 e. The second kappa shape index (κ2) is 8.03. The average Bonchev–Trinajstić information content (AvgIpc) is 2.68. The fourth-order valence-corrected chi connectivity index (χ4v) is 3.94. The van der Waals surface area contributed by atoms with Crippen LogP contribution in [0.15, 0.2) is 42.5 Å². The molecular formula is C23H29NO3. The van der Waals surface area contributed by atoms with Gasteiger partial charge in [-0.2, -0.15) is 0 Å². The first-order valence-electron chi connectivity index (χ1n) is 9.58. The molecule has 2 atom stereocenters. The van der Waals surface area contributed by atoms with Crippen LogP contribution in [-0.2, 0) is 17.6 Å². The summed E-state index contributed by atoms with van der Waals surface area (Å²) in [6.45, 7) is 6.07. The number of carbonyl (C=O) groups is 1. The molecule has 3 rings (SSSR count). The lowest BCUT2D eigenvalue weighted by molar-refractivity contribution is -0.122. The van der Waals surface area contributed by atoms with E-state index in [-0.39, 0.29) is 17.9 Å². The number of benzene rings is 2. The summed E-state index contributed by atoms with van der Waals surface area (Å²) >= 11 is 0. The van der Waals surface area contributed by atoms with Crippen molar-refractivity contribution < 1.29 is 14.3 Å². The van der Waals surface area contributed by atoms with Crippen molar-refractivity contribution in [2.75, 3.05) is 19.1 Å². The highest BCUT2D eigenvalue weighted by atomic mass is 16.5. The minimum Gasteiger partial charge on any atom is -0.493 e. The Kier molecular flexibility index (Phi) is 5.73. The molecule has 2 aromatic rings. The molecule has 0 saturated heterocycles. The van der Waals surface area contributed by atoms with Gasteiger partial charge in [0.1, 0.15) is 0 Å². The van der Waals surface area contributed by atoms with Gasteiger partial charge >= 0.3 is 0 Å². The van der Waals surface area contributed by atoms with Gasteiger partial charge in [0.25, 0.3) is 0 Å². The molecule has 1 aliphatic heterocycles. The molecule has 0 N–H and O–H groups in total. The molecule has 27 heavy (non-hydrogen) atoms. The Morgan fingerprint density at radius 2 is 1.74 bits per heavy atom. The predicted molar refractivity (Wildman–Crippen MR) is 109 cm³/mol. The van der Waals surface area contributed by atoms with E-state index < -0.39 is 0 Å². The Balaban J connectivity index is 2.04. The zero-order valence-electron chi connectivity index (χ0n) is 16.9. The van der Waals surface area contributed by atoms with Crippen LogP contribution in [-0.4, -0.2) is 26.2 Å². The highest BCUT2D eigenvalue weighted by Crippen LogP contribution is 2.42. The molecule has 1 heterocycles. The van der Waals surface area contributed by atoms with E-state index in [9.17, 15) is 4.79 Å². The maximum absolute atomic E-state index is 13.1. The van der Waals surface area contributed by atoms with Crippen LogP contribution in [0.2, 0.25) is 0 Å². The molecule has 0 aliphatic carbocycles. The minimum absolute atomic E-state index is 0.0659. The normalized spacial score (nSPS) is 19.0. The number of anilines is 1. The van der Waals surface area contributed by atoms with Crippen molar-refractivity contribution in [2.24, 2.45) is 11.8 Å². The van der Waals surface area contributed by atoms with Crippen LogP contribution in [0.1, 0.15) is 31.9 Å². The number of nitrogens with zero attached hydrogens (tertiary/aromatic N) is 1. The molecule has 0 spiro atoms. The molecular weight excluding hydrogens is 338 g/mol. The van der Waals surface area contributed by atoms with Gasteiger partial charge in [0.15, 0.2) is 11.5 Å². The third-order valence-electron chi connectivity index (χ3n) is 5.49. The maximum Gasteiger partial charge on any atom is 0.229 e. The molecule has 0 fully saturated rings. The third kappa shape index (κ3) is 3.80. The fraction of sp³-hybridized carbons (Fsp3) is 0.435. The van der Waals surface area contributed by atoms with Gasteiger partial charge in [-0.05, 0) is 42.9 Å². The van der Waals surface area contributed by atoms with Gasteiger partial charge in [-0.15, -0.1) is 0 Å². The van der Waals surface area contributed by atoms with Gasteiger partial charge in [-0.3, -0.25) is 4.79 Å². The molecule has 1 aliphatic rings. The molecule has 1 amide bonds. The van der Waals surface area contributed by atoms with E-state index in [1.165, 1.54) is 5.56 Å². The molecule has 4 nitrogen and oxygen atoms in total. The van der Waals surface area contributed by atoms with Gasteiger partial charge in [-0.25, -0.2) is 0 Å². The summed E-state index contributed by atoms with van der Waals surface area (Å²) in [6, 6.07) is 14.6. The molecule has 144 valence electrons. The van der Waals surface area contributed by atoms with Gasteiger partial charge in [0.2, 0.25) is 5.91 Å². The largest absolute Gasteiger partial charge is 0.493 e. The van der Waals surface area contributed by atoms with Crippen molar-refractivity contribution in [1.82, 2.24) is 0 Å². The van der Waals surface area contributed by atoms with Crippen molar-refractivity contribution in [3.63, 3.8) is 0 Å². The Bertz CT molecular complexity index is 801. The number of fused-ring (bicyclic) bond motifs is 1. The van der Waals surface area contributed by atoms with E-state index in [1.54, 1.807) is 14.2 Å². The molecule has 2 unspecified atom stereocenters. The topological polar surface area (TPSA) is 38.8 Å². The average molecular weight is 367 g/mol. The molecule has 0 aromatic heterocycles. The van der Waals surface area contributed by atoms with Gasteiger partial charge in [-0.1, -0.05) is 44.2 Å². The first-order chi connectivity index (χ1) is 13.0. The van der Waals surface area contributed by atoms with Crippen molar-refractivity contribution in [3.8, 4) is 11.5 Å². The van der Waals surface area contributed by atoms with Crippen LogP contribution in [0.5, 0.6) is 11.5 Å². The lowest BCUT2D eigenvalue weighted by atomic mass is 9.81. The van der Waals surface area contributed by atoms with E-state index in [1.807, 2.05) is 36.9 Å². The second-order valence-corrected chi connectivity index (χ2v) is 7.59. The van der Waals surface area contributed by atoms with Gasteiger partial charge in [0.05, 0.1) is 19.9 Å². The lowest BCUT2D eigenvalue weighted by Gasteiger charge is -2.42. The Morgan fingerprint density at radius 3 is 2.33 bits per heavy atom.